The number of rotatable bonds is 7. The van der Waals surface area contributed by atoms with Crippen LogP contribution in [0.4, 0.5) is 0 Å². The van der Waals surface area contributed by atoms with Crippen LogP contribution in [-0.4, -0.2) is 26.5 Å². The van der Waals surface area contributed by atoms with E-state index in [1.807, 2.05) is 16.7 Å². The third kappa shape index (κ3) is 4.18. The van der Waals surface area contributed by atoms with Crippen molar-refractivity contribution in [1.82, 2.24) is 20.1 Å². The monoisotopic (exact) mass is 408 g/mol. The molecule has 3 rings (SSSR count). The van der Waals surface area contributed by atoms with Gasteiger partial charge in [-0.05, 0) is 37.2 Å². The fourth-order valence-electron chi connectivity index (χ4n) is 2.44. The molecule has 1 aromatic carbocycles. The van der Waals surface area contributed by atoms with E-state index in [0.717, 1.165) is 23.1 Å². The van der Waals surface area contributed by atoms with Gasteiger partial charge in [-0.3, -0.25) is 19.3 Å². The molecule has 0 atom stereocenters. The van der Waals surface area contributed by atoms with E-state index in [-0.39, 0.29) is 24.5 Å². The van der Waals surface area contributed by atoms with Gasteiger partial charge in [-0.1, -0.05) is 28.1 Å². The SMILES string of the molecule is O=C(CCC(=O)c1ccc(Br)cc1)NCc1n[nH]c(=S)n1C1CC1. The average molecular weight is 409 g/mol. The van der Waals surface area contributed by atoms with Crippen molar-refractivity contribution in [1.29, 1.82) is 0 Å². The van der Waals surface area contributed by atoms with Crippen LogP contribution in [0.1, 0.15) is 47.9 Å². The zero-order valence-corrected chi connectivity index (χ0v) is 15.3. The summed E-state index contributed by atoms with van der Waals surface area (Å²) in [5.74, 6) is 0.519. The molecule has 6 nitrogen and oxygen atoms in total. The Morgan fingerprint density at radius 3 is 2.67 bits per heavy atom. The van der Waals surface area contributed by atoms with Crippen molar-refractivity contribution >= 4 is 39.8 Å². The first kappa shape index (κ1) is 17.0. The lowest BCUT2D eigenvalue weighted by Crippen LogP contribution is -2.25. The molecule has 24 heavy (non-hydrogen) atoms. The number of aromatic amines is 1. The number of carbonyl (C=O) groups excluding carboxylic acids is 2. The Morgan fingerprint density at radius 2 is 2.00 bits per heavy atom. The number of aromatic nitrogens is 3. The van der Waals surface area contributed by atoms with Gasteiger partial charge >= 0.3 is 0 Å². The van der Waals surface area contributed by atoms with E-state index in [9.17, 15) is 9.59 Å². The number of halogens is 1. The number of nitrogens with zero attached hydrogens (tertiary/aromatic N) is 2. The Labute approximate surface area is 152 Å². The molecule has 8 heteroatoms. The smallest absolute Gasteiger partial charge is 0.220 e. The maximum absolute atomic E-state index is 12.1. The number of amides is 1. The summed E-state index contributed by atoms with van der Waals surface area (Å²) in [6.07, 6.45) is 2.53. The van der Waals surface area contributed by atoms with E-state index >= 15 is 0 Å². The van der Waals surface area contributed by atoms with E-state index in [1.165, 1.54) is 0 Å². The standard InChI is InChI=1S/C16H17BrN4O2S/c17-11-3-1-10(2-4-11)13(22)7-8-15(23)18-9-14-19-20-16(24)21(14)12-5-6-12/h1-4,12H,5-9H2,(H,18,23)(H,20,24). The zero-order chi connectivity index (χ0) is 17.1. The molecule has 1 saturated carbocycles. The topological polar surface area (TPSA) is 79.8 Å². The number of carbonyl (C=O) groups is 2. The van der Waals surface area contributed by atoms with Gasteiger partial charge in [0.25, 0.3) is 0 Å². The van der Waals surface area contributed by atoms with Crippen molar-refractivity contribution in [3.63, 3.8) is 0 Å². The van der Waals surface area contributed by atoms with Crippen molar-refractivity contribution in [3.05, 3.63) is 44.9 Å². The van der Waals surface area contributed by atoms with E-state index in [0.29, 0.717) is 22.9 Å². The van der Waals surface area contributed by atoms with Crippen molar-refractivity contribution < 1.29 is 9.59 Å². The molecule has 0 bridgehead atoms. The minimum atomic E-state index is -0.170. The van der Waals surface area contributed by atoms with Crippen LogP contribution in [0.25, 0.3) is 0 Å². The largest absolute Gasteiger partial charge is 0.349 e. The molecule has 0 radical (unpaired) electrons. The number of Topliss-reactive ketones (excluding diaryl/α,β-unsaturated/α-hetero) is 1. The molecule has 1 aliphatic rings. The summed E-state index contributed by atoms with van der Waals surface area (Å²) in [5, 5.41) is 9.73. The van der Waals surface area contributed by atoms with Gasteiger partial charge < -0.3 is 5.32 Å². The molecule has 0 saturated heterocycles. The lowest BCUT2D eigenvalue weighted by Gasteiger charge is -2.07. The van der Waals surface area contributed by atoms with Gasteiger partial charge in [0, 0.05) is 28.9 Å². The summed E-state index contributed by atoms with van der Waals surface area (Å²) < 4.78 is 3.47. The predicted molar refractivity (Wildman–Crippen MR) is 95.2 cm³/mol. The van der Waals surface area contributed by atoms with Gasteiger partial charge in [-0.25, -0.2) is 0 Å². The predicted octanol–water partition coefficient (Wildman–Crippen LogP) is 3.32. The molecule has 1 aromatic heterocycles. The van der Waals surface area contributed by atoms with Crippen molar-refractivity contribution in [2.75, 3.05) is 0 Å². The second-order valence-electron chi connectivity index (χ2n) is 5.75. The fourth-order valence-corrected chi connectivity index (χ4v) is 3.01. The molecule has 1 aliphatic carbocycles. The van der Waals surface area contributed by atoms with Crippen molar-refractivity contribution in [3.8, 4) is 0 Å². The van der Waals surface area contributed by atoms with Crippen LogP contribution in [0.15, 0.2) is 28.7 Å². The third-order valence-corrected chi connectivity index (χ3v) is 4.70. The van der Waals surface area contributed by atoms with E-state index in [1.54, 1.807) is 12.1 Å². The lowest BCUT2D eigenvalue weighted by molar-refractivity contribution is -0.121. The summed E-state index contributed by atoms with van der Waals surface area (Å²) in [7, 11) is 0. The molecule has 1 fully saturated rings. The third-order valence-electron chi connectivity index (χ3n) is 3.88. The summed E-state index contributed by atoms with van der Waals surface area (Å²) in [5.41, 5.74) is 0.612. The van der Waals surface area contributed by atoms with E-state index < -0.39 is 0 Å². The second kappa shape index (κ2) is 7.40. The molecular formula is C16H17BrN4O2S. The summed E-state index contributed by atoms with van der Waals surface area (Å²) in [4.78, 5) is 24.0. The number of benzene rings is 1. The van der Waals surface area contributed by atoms with Gasteiger partial charge in [-0.15, -0.1) is 0 Å². The summed E-state index contributed by atoms with van der Waals surface area (Å²) in [6, 6.07) is 7.53. The summed E-state index contributed by atoms with van der Waals surface area (Å²) in [6.45, 7) is 0.314. The van der Waals surface area contributed by atoms with Crippen LogP contribution < -0.4 is 5.32 Å². The van der Waals surface area contributed by atoms with E-state index in [4.69, 9.17) is 12.2 Å². The maximum atomic E-state index is 12.1. The first-order valence-electron chi connectivity index (χ1n) is 7.76. The van der Waals surface area contributed by atoms with Crippen LogP contribution in [0, 0.1) is 4.77 Å². The zero-order valence-electron chi connectivity index (χ0n) is 12.9. The Balaban J connectivity index is 1.48. The van der Waals surface area contributed by atoms with Crippen LogP contribution >= 0.6 is 28.1 Å². The van der Waals surface area contributed by atoms with Crippen molar-refractivity contribution in [2.24, 2.45) is 0 Å². The van der Waals surface area contributed by atoms with Crippen LogP contribution in [0.3, 0.4) is 0 Å². The second-order valence-corrected chi connectivity index (χ2v) is 7.06. The van der Waals surface area contributed by atoms with Gasteiger partial charge in [0.05, 0.1) is 6.54 Å². The highest BCUT2D eigenvalue weighted by Crippen LogP contribution is 2.35. The van der Waals surface area contributed by atoms with Crippen molar-refractivity contribution in [2.45, 2.75) is 38.3 Å². The molecular weight excluding hydrogens is 392 g/mol. The van der Waals surface area contributed by atoms with Gasteiger partial charge in [0.2, 0.25) is 5.91 Å². The molecule has 126 valence electrons. The Hall–Kier alpha value is -1.80. The Bertz CT molecular complexity index is 808. The normalized spacial score (nSPS) is 13.7. The highest BCUT2D eigenvalue weighted by atomic mass is 79.9. The first-order chi connectivity index (χ1) is 11.5. The summed E-state index contributed by atoms with van der Waals surface area (Å²) >= 11 is 8.53. The molecule has 0 spiro atoms. The fraction of sp³-hybridized carbons (Fsp3) is 0.375. The number of hydrogen-bond donors (Lipinski definition) is 2. The molecule has 2 aromatic rings. The van der Waals surface area contributed by atoms with Crippen LogP contribution in [0.5, 0.6) is 0 Å². The number of hydrogen-bond acceptors (Lipinski definition) is 4. The van der Waals surface area contributed by atoms with Gasteiger partial charge in [-0.2, -0.15) is 5.10 Å². The lowest BCUT2D eigenvalue weighted by atomic mass is 10.1. The van der Waals surface area contributed by atoms with E-state index in [2.05, 4.69) is 31.4 Å². The van der Waals surface area contributed by atoms with Crippen LogP contribution in [0.2, 0.25) is 0 Å². The Morgan fingerprint density at radius 1 is 1.29 bits per heavy atom. The Kier molecular flexibility index (Phi) is 5.25. The number of ketones is 1. The molecule has 0 aliphatic heterocycles. The average Bonchev–Trinajstić information content (AvgIpc) is 3.34. The maximum Gasteiger partial charge on any atom is 0.220 e. The van der Waals surface area contributed by atoms with Gasteiger partial charge in [0.15, 0.2) is 16.4 Å². The molecule has 0 unspecified atom stereocenters. The minimum absolute atomic E-state index is 0.0432. The highest BCUT2D eigenvalue weighted by Gasteiger charge is 2.27. The van der Waals surface area contributed by atoms with Gasteiger partial charge in [0.1, 0.15) is 0 Å². The molecule has 1 heterocycles. The molecule has 2 N–H and O–H groups in total. The number of nitrogens with one attached hydrogen (secondary N) is 2. The quantitative estimate of drug-likeness (QED) is 0.543. The minimum Gasteiger partial charge on any atom is -0.349 e. The molecule has 1 amide bonds. The van der Waals surface area contributed by atoms with Crippen LogP contribution in [-0.2, 0) is 11.3 Å². The first-order valence-corrected chi connectivity index (χ1v) is 8.96. The highest BCUT2D eigenvalue weighted by molar-refractivity contribution is 9.10. The number of H-pyrrole nitrogens is 1.